The first kappa shape index (κ1) is 17.7. The largest absolute Gasteiger partial charge is 0.462 e. The number of aryl methyl sites for hydroxylation is 1. The Morgan fingerprint density at radius 3 is 2.83 bits per heavy atom. The lowest BCUT2D eigenvalue weighted by molar-refractivity contribution is -0.148. The number of nitrogens with zero attached hydrogens (tertiary/aromatic N) is 2. The summed E-state index contributed by atoms with van der Waals surface area (Å²) in [6, 6.07) is 0.278. The average Bonchev–Trinajstić information content (AvgIpc) is 3.02. The Morgan fingerprint density at radius 2 is 2.22 bits per heavy atom. The highest BCUT2D eigenvalue weighted by Gasteiger charge is 2.20. The number of aromatic nitrogens is 2. The normalized spacial score (nSPS) is 20.4. The third-order valence-electron chi connectivity index (χ3n) is 4.13. The Bertz CT molecular complexity index is 578. The smallest absolute Gasteiger partial charge is 0.328 e. The molecular weight excluding hydrogens is 294 g/mol. The number of hydrogen-bond donors (Lipinski definition) is 2. The molecule has 1 aliphatic rings. The number of aliphatic hydroxyl groups excluding tert-OH is 1. The molecule has 0 aliphatic heterocycles. The summed E-state index contributed by atoms with van der Waals surface area (Å²) < 4.78 is 6.88. The van der Waals surface area contributed by atoms with Crippen LogP contribution in [0.5, 0.6) is 0 Å². The third-order valence-corrected chi connectivity index (χ3v) is 4.13. The van der Waals surface area contributed by atoms with E-state index in [1.54, 1.807) is 4.68 Å². The van der Waals surface area contributed by atoms with E-state index in [9.17, 15) is 9.90 Å². The lowest BCUT2D eigenvalue weighted by atomic mass is 10.1. The van der Waals surface area contributed by atoms with Crippen molar-refractivity contribution in [1.29, 1.82) is 0 Å². The van der Waals surface area contributed by atoms with Crippen molar-refractivity contribution in [2.45, 2.75) is 59.4 Å². The minimum absolute atomic E-state index is 0.116. The van der Waals surface area contributed by atoms with E-state index in [0.717, 1.165) is 23.4 Å². The summed E-state index contributed by atoms with van der Waals surface area (Å²) in [7, 11) is 0. The molecule has 23 heavy (non-hydrogen) atoms. The fourth-order valence-corrected chi connectivity index (χ4v) is 2.86. The van der Waals surface area contributed by atoms with Gasteiger partial charge in [0.1, 0.15) is 6.54 Å². The molecular formula is C17H27N3O3. The predicted molar refractivity (Wildman–Crippen MR) is 87.9 cm³/mol. The molecule has 1 aromatic rings. The second-order valence-corrected chi connectivity index (χ2v) is 6.40. The Hall–Kier alpha value is -1.66. The van der Waals surface area contributed by atoms with Gasteiger partial charge in [0.05, 0.1) is 11.8 Å². The van der Waals surface area contributed by atoms with Crippen molar-refractivity contribution < 1.29 is 14.6 Å². The molecule has 1 aliphatic carbocycles. The SMILES string of the molecule is Cc1nn(CC(=O)OC(C)C)c(C)c1CN[C@@H]1C=C[C@H](CO)C1. The zero-order valence-electron chi connectivity index (χ0n) is 14.4. The quantitative estimate of drug-likeness (QED) is 0.587. The van der Waals surface area contributed by atoms with Crippen LogP contribution in [0, 0.1) is 19.8 Å². The van der Waals surface area contributed by atoms with Crippen LogP contribution in [0.15, 0.2) is 12.2 Å². The van der Waals surface area contributed by atoms with Crippen molar-refractivity contribution in [1.82, 2.24) is 15.1 Å². The van der Waals surface area contributed by atoms with Crippen LogP contribution in [0.2, 0.25) is 0 Å². The van der Waals surface area contributed by atoms with Crippen molar-refractivity contribution in [3.63, 3.8) is 0 Å². The van der Waals surface area contributed by atoms with Gasteiger partial charge in [0.25, 0.3) is 0 Å². The highest BCUT2D eigenvalue weighted by molar-refractivity contribution is 5.69. The monoisotopic (exact) mass is 321 g/mol. The summed E-state index contributed by atoms with van der Waals surface area (Å²) >= 11 is 0. The number of carbonyl (C=O) groups excluding carboxylic acids is 1. The second-order valence-electron chi connectivity index (χ2n) is 6.40. The molecule has 0 fully saturated rings. The summed E-state index contributed by atoms with van der Waals surface area (Å²) in [5, 5.41) is 17.1. The lowest BCUT2D eigenvalue weighted by Gasteiger charge is -2.13. The van der Waals surface area contributed by atoms with Crippen LogP contribution in [0.3, 0.4) is 0 Å². The third kappa shape index (κ3) is 4.65. The maximum atomic E-state index is 11.8. The van der Waals surface area contributed by atoms with Crippen LogP contribution < -0.4 is 5.32 Å². The Labute approximate surface area is 137 Å². The number of aliphatic hydroxyl groups is 1. The molecule has 2 atom stereocenters. The number of carbonyl (C=O) groups is 1. The van der Waals surface area contributed by atoms with E-state index in [1.165, 1.54) is 0 Å². The van der Waals surface area contributed by atoms with Gasteiger partial charge in [-0.25, -0.2) is 0 Å². The standard InChI is InChI=1S/C17H27N3O3/c1-11(2)23-17(22)9-20-13(4)16(12(3)19-20)8-18-15-6-5-14(7-15)10-21/h5-6,11,14-15,18,21H,7-10H2,1-4H3/t14-,15+/m0/s1. The summed E-state index contributed by atoms with van der Waals surface area (Å²) in [5.41, 5.74) is 3.02. The first-order valence-corrected chi connectivity index (χ1v) is 8.15. The van der Waals surface area contributed by atoms with E-state index in [4.69, 9.17) is 4.74 Å². The van der Waals surface area contributed by atoms with Crippen LogP contribution in [0.25, 0.3) is 0 Å². The average molecular weight is 321 g/mol. The van der Waals surface area contributed by atoms with E-state index in [1.807, 2.05) is 27.7 Å². The number of nitrogens with one attached hydrogen (secondary N) is 1. The lowest BCUT2D eigenvalue weighted by Crippen LogP contribution is -2.26. The molecule has 0 saturated carbocycles. The molecule has 128 valence electrons. The van der Waals surface area contributed by atoms with Gasteiger partial charge in [0.15, 0.2) is 0 Å². The van der Waals surface area contributed by atoms with Gasteiger partial charge in [0, 0.05) is 36.4 Å². The topological polar surface area (TPSA) is 76.4 Å². The number of ether oxygens (including phenoxy) is 1. The first-order chi connectivity index (χ1) is 10.9. The summed E-state index contributed by atoms with van der Waals surface area (Å²) in [4.78, 5) is 11.8. The van der Waals surface area contributed by atoms with Gasteiger partial charge in [-0.3, -0.25) is 9.48 Å². The van der Waals surface area contributed by atoms with Crippen molar-refractivity contribution in [2.24, 2.45) is 5.92 Å². The van der Waals surface area contributed by atoms with Crippen LogP contribution >= 0.6 is 0 Å². The summed E-state index contributed by atoms with van der Waals surface area (Å²) in [6.45, 7) is 8.63. The van der Waals surface area contributed by atoms with E-state index < -0.39 is 0 Å². The predicted octanol–water partition coefficient (Wildman–Crippen LogP) is 1.48. The molecule has 0 unspecified atom stereocenters. The number of hydrogen-bond acceptors (Lipinski definition) is 5. The minimum atomic E-state index is -0.269. The minimum Gasteiger partial charge on any atom is -0.462 e. The summed E-state index contributed by atoms with van der Waals surface area (Å²) in [5.74, 6) is -0.0159. The van der Waals surface area contributed by atoms with Crippen molar-refractivity contribution in [3.05, 3.63) is 29.1 Å². The second kappa shape index (κ2) is 7.75. The van der Waals surface area contributed by atoms with Crippen molar-refractivity contribution in [2.75, 3.05) is 6.61 Å². The van der Waals surface area contributed by atoms with E-state index in [2.05, 4.69) is 22.6 Å². The van der Waals surface area contributed by atoms with E-state index in [0.29, 0.717) is 6.54 Å². The molecule has 0 spiro atoms. The van der Waals surface area contributed by atoms with Gasteiger partial charge >= 0.3 is 5.97 Å². The fourth-order valence-electron chi connectivity index (χ4n) is 2.86. The van der Waals surface area contributed by atoms with Gasteiger partial charge in [-0.15, -0.1) is 0 Å². The molecule has 0 radical (unpaired) electrons. The molecule has 0 bridgehead atoms. The van der Waals surface area contributed by atoms with Crippen LogP contribution in [0.4, 0.5) is 0 Å². The number of esters is 1. The van der Waals surface area contributed by atoms with Crippen LogP contribution in [0.1, 0.15) is 37.2 Å². The molecule has 0 aromatic carbocycles. The molecule has 6 heteroatoms. The fraction of sp³-hybridized carbons (Fsp3) is 0.647. The highest BCUT2D eigenvalue weighted by atomic mass is 16.5. The maximum absolute atomic E-state index is 11.8. The summed E-state index contributed by atoms with van der Waals surface area (Å²) in [6.07, 6.45) is 4.97. The zero-order valence-corrected chi connectivity index (χ0v) is 14.4. The zero-order chi connectivity index (χ0) is 17.0. The van der Waals surface area contributed by atoms with Gasteiger partial charge in [-0.1, -0.05) is 12.2 Å². The molecule has 0 saturated heterocycles. The van der Waals surface area contributed by atoms with Gasteiger partial charge < -0.3 is 15.2 Å². The van der Waals surface area contributed by atoms with Crippen LogP contribution in [-0.2, 0) is 22.6 Å². The van der Waals surface area contributed by atoms with E-state index in [-0.39, 0.29) is 37.2 Å². The van der Waals surface area contributed by atoms with Gasteiger partial charge in [0.2, 0.25) is 0 Å². The van der Waals surface area contributed by atoms with Gasteiger partial charge in [-0.2, -0.15) is 5.10 Å². The first-order valence-electron chi connectivity index (χ1n) is 8.15. The molecule has 0 amide bonds. The van der Waals surface area contributed by atoms with E-state index >= 15 is 0 Å². The van der Waals surface area contributed by atoms with Gasteiger partial charge in [-0.05, 0) is 34.1 Å². The molecule has 2 N–H and O–H groups in total. The van der Waals surface area contributed by atoms with Crippen LogP contribution in [-0.4, -0.2) is 39.6 Å². The molecule has 1 heterocycles. The molecule has 6 nitrogen and oxygen atoms in total. The maximum Gasteiger partial charge on any atom is 0.328 e. The Morgan fingerprint density at radius 1 is 1.48 bits per heavy atom. The molecule has 2 rings (SSSR count). The highest BCUT2D eigenvalue weighted by Crippen LogP contribution is 2.19. The Kier molecular flexibility index (Phi) is 5.96. The number of rotatable bonds is 7. The van der Waals surface area contributed by atoms with Crippen molar-refractivity contribution >= 4 is 5.97 Å². The Balaban J connectivity index is 1.95. The molecule has 1 aromatic heterocycles. The van der Waals surface area contributed by atoms with Crippen molar-refractivity contribution in [3.8, 4) is 0 Å².